The van der Waals surface area contributed by atoms with Crippen LogP contribution < -0.4 is 0 Å². The molecular weight excluding hydrogens is 236 g/mol. The molecule has 2 saturated heterocycles. The van der Waals surface area contributed by atoms with Crippen molar-refractivity contribution in [3.8, 4) is 0 Å². The molecule has 0 aromatic rings. The van der Waals surface area contributed by atoms with Gasteiger partial charge in [0.25, 0.3) is 5.79 Å². The Labute approximate surface area is 106 Å². The molecule has 0 radical (unpaired) electrons. The van der Waals surface area contributed by atoms with Crippen LogP contribution in [0.4, 0.5) is 0 Å². The second kappa shape index (κ2) is 4.23. The van der Waals surface area contributed by atoms with Crippen molar-refractivity contribution in [1.29, 1.82) is 0 Å². The summed E-state index contributed by atoms with van der Waals surface area (Å²) in [5, 5.41) is 0. The van der Waals surface area contributed by atoms with Gasteiger partial charge in [0.2, 0.25) is 0 Å². The maximum absolute atomic E-state index is 11.4. The van der Waals surface area contributed by atoms with Gasteiger partial charge < -0.3 is 14.2 Å². The van der Waals surface area contributed by atoms with E-state index in [0.717, 1.165) is 38.9 Å². The number of hydrogen-bond donors (Lipinski definition) is 0. The molecule has 3 fully saturated rings. The molecule has 0 N–H and O–H groups in total. The summed E-state index contributed by atoms with van der Waals surface area (Å²) in [6.07, 6.45) is 5.01. The normalized spacial score (nSPS) is 30.0. The van der Waals surface area contributed by atoms with Gasteiger partial charge in [-0.25, -0.2) is 0 Å². The highest BCUT2D eigenvalue weighted by atomic mass is 16.7. The highest BCUT2D eigenvalue weighted by Gasteiger charge is 2.50. The van der Waals surface area contributed by atoms with E-state index in [1.807, 2.05) is 0 Å². The molecule has 18 heavy (non-hydrogen) atoms. The van der Waals surface area contributed by atoms with Crippen LogP contribution in [0.3, 0.4) is 0 Å². The Morgan fingerprint density at radius 2 is 1.33 bits per heavy atom. The minimum absolute atomic E-state index is 0.249. The molecule has 0 aromatic heterocycles. The molecule has 0 amide bonds. The van der Waals surface area contributed by atoms with E-state index >= 15 is 0 Å². The zero-order chi connectivity index (χ0) is 12.6. The first kappa shape index (κ1) is 12.0. The van der Waals surface area contributed by atoms with Gasteiger partial charge in [-0.3, -0.25) is 9.59 Å². The molecule has 3 aliphatic rings. The van der Waals surface area contributed by atoms with E-state index in [-0.39, 0.29) is 6.42 Å². The van der Waals surface area contributed by atoms with Crippen molar-refractivity contribution in [3.63, 3.8) is 0 Å². The van der Waals surface area contributed by atoms with Crippen molar-refractivity contribution in [2.24, 2.45) is 5.41 Å². The Hall–Kier alpha value is -1.10. The molecule has 1 saturated carbocycles. The van der Waals surface area contributed by atoms with Crippen LogP contribution in [0.1, 0.15) is 44.9 Å². The van der Waals surface area contributed by atoms with E-state index in [9.17, 15) is 9.59 Å². The maximum Gasteiger partial charge on any atom is 0.320 e. The number of carbonyl (C=O) groups excluding carboxylic acids is 2. The summed E-state index contributed by atoms with van der Waals surface area (Å²) in [4.78, 5) is 22.7. The molecule has 2 spiro atoms. The molecule has 1 aliphatic carbocycles. The van der Waals surface area contributed by atoms with Crippen molar-refractivity contribution in [1.82, 2.24) is 0 Å². The zero-order valence-corrected chi connectivity index (χ0v) is 10.4. The standard InChI is InChI=1S/C13H18O5/c14-10-9-11(15)18-13(17-10)3-1-12(2-4-13)5-7-16-8-6-12/h1-9H2. The van der Waals surface area contributed by atoms with Gasteiger partial charge in [0.1, 0.15) is 6.42 Å². The lowest BCUT2D eigenvalue weighted by atomic mass is 9.67. The highest BCUT2D eigenvalue weighted by molar-refractivity contribution is 5.93. The summed E-state index contributed by atoms with van der Waals surface area (Å²) >= 11 is 0. The fraction of sp³-hybridized carbons (Fsp3) is 0.846. The fourth-order valence-electron chi connectivity index (χ4n) is 3.30. The third-order valence-electron chi connectivity index (χ3n) is 4.51. The van der Waals surface area contributed by atoms with E-state index in [1.54, 1.807) is 0 Å². The molecule has 0 aromatic carbocycles. The maximum atomic E-state index is 11.4. The first-order chi connectivity index (χ1) is 8.62. The SMILES string of the molecule is O=C1CC(=O)OC2(CCC3(CCOCC3)CC2)O1. The van der Waals surface area contributed by atoms with E-state index in [1.165, 1.54) is 0 Å². The van der Waals surface area contributed by atoms with Crippen LogP contribution in [0.5, 0.6) is 0 Å². The number of rotatable bonds is 0. The van der Waals surface area contributed by atoms with Crippen molar-refractivity contribution < 1.29 is 23.8 Å². The van der Waals surface area contributed by atoms with Crippen LogP contribution >= 0.6 is 0 Å². The Bertz CT molecular complexity index is 342. The van der Waals surface area contributed by atoms with Crippen LogP contribution in [0, 0.1) is 5.41 Å². The van der Waals surface area contributed by atoms with Crippen LogP contribution in [-0.2, 0) is 23.8 Å². The lowest BCUT2D eigenvalue weighted by molar-refractivity contribution is -0.261. The van der Waals surface area contributed by atoms with Gasteiger partial charge in [-0.05, 0) is 31.1 Å². The van der Waals surface area contributed by atoms with Crippen LogP contribution in [0.25, 0.3) is 0 Å². The summed E-state index contributed by atoms with van der Waals surface area (Å²) in [6.45, 7) is 1.62. The largest absolute Gasteiger partial charge is 0.422 e. The number of ether oxygens (including phenoxy) is 3. The minimum atomic E-state index is -0.962. The Kier molecular flexibility index (Phi) is 2.81. The molecule has 100 valence electrons. The molecule has 3 rings (SSSR count). The molecule has 2 aliphatic heterocycles. The lowest BCUT2D eigenvalue weighted by Crippen LogP contribution is -2.50. The average molecular weight is 254 g/mol. The summed E-state index contributed by atoms with van der Waals surface area (Å²) in [5.74, 6) is -1.86. The smallest absolute Gasteiger partial charge is 0.320 e. The van der Waals surface area contributed by atoms with Gasteiger partial charge in [-0.15, -0.1) is 0 Å². The Balaban J connectivity index is 1.68. The van der Waals surface area contributed by atoms with E-state index in [0.29, 0.717) is 18.3 Å². The van der Waals surface area contributed by atoms with E-state index in [2.05, 4.69) is 0 Å². The molecule has 0 atom stereocenters. The van der Waals surface area contributed by atoms with Gasteiger partial charge in [0.05, 0.1) is 0 Å². The van der Waals surface area contributed by atoms with Gasteiger partial charge in [-0.1, -0.05) is 0 Å². The fourth-order valence-corrected chi connectivity index (χ4v) is 3.30. The summed E-state index contributed by atoms with van der Waals surface area (Å²) in [6, 6.07) is 0. The van der Waals surface area contributed by atoms with Gasteiger partial charge in [0.15, 0.2) is 0 Å². The minimum Gasteiger partial charge on any atom is -0.422 e. The van der Waals surface area contributed by atoms with Crippen LogP contribution in [-0.4, -0.2) is 30.9 Å². The van der Waals surface area contributed by atoms with Crippen molar-refractivity contribution in [2.75, 3.05) is 13.2 Å². The monoisotopic (exact) mass is 254 g/mol. The van der Waals surface area contributed by atoms with Crippen molar-refractivity contribution >= 4 is 11.9 Å². The topological polar surface area (TPSA) is 61.8 Å². The first-order valence-corrected chi connectivity index (χ1v) is 6.63. The van der Waals surface area contributed by atoms with Crippen molar-refractivity contribution in [2.45, 2.75) is 50.7 Å². The summed E-state index contributed by atoms with van der Waals surface area (Å²) < 4.78 is 16.0. The quantitative estimate of drug-likeness (QED) is 0.485. The van der Waals surface area contributed by atoms with Gasteiger partial charge >= 0.3 is 11.9 Å². The molecule has 5 heteroatoms. The second-order valence-electron chi connectivity index (χ2n) is 5.65. The van der Waals surface area contributed by atoms with E-state index in [4.69, 9.17) is 14.2 Å². The van der Waals surface area contributed by atoms with E-state index < -0.39 is 17.7 Å². The summed E-state index contributed by atoms with van der Waals surface area (Å²) in [7, 11) is 0. The zero-order valence-electron chi connectivity index (χ0n) is 10.4. The Morgan fingerprint density at radius 3 is 1.89 bits per heavy atom. The predicted octanol–water partition coefficient (Wildman–Crippen LogP) is 1.54. The third kappa shape index (κ3) is 2.11. The van der Waals surface area contributed by atoms with Crippen LogP contribution in [0.2, 0.25) is 0 Å². The number of carbonyl (C=O) groups is 2. The van der Waals surface area contributed by atoms with Gasteiger partial charge in [0, 0.05) is 26.1 Å². The highest BCUT2D eigenvalue weighted by Crippen LogP contribution is 2.49. The molecular formula is C13H18O5. The molecule has 0 unspecified atom stereocenters. The summed E-state index contributed by atoms with van der Waals surface area (Å²) in [5.41, 5.74) is 0.305. The second-order valence-corrected chi connectivity index (χ2v) is 5.65. The predicted molar refractivity (Wildman–Crippen MR) is 60.5 cm³/mol. The van der Waals surface area contributed by atoms with Crippen LogP contribution in [0.15, 0.2) is 0 Å². The average Bonchev–Trinajstić information content (AvgIpc) is 2.34. The third-order valence-corrected chi connectivity index (χ3v) is 4.51. The molecule has 0 bridgehead atoms. The number of hydrogen-bond acceptors (Lipinski definition) is 5. The lowest BCUT2D eigenvalue weighted by Gasteiger charge is -2.47. The Morgan fingerprint density at radius 1 is 0.778 bits per heavy atom. The number of esters is 2. The van der Waals surface area contributed by atoms with Gasteiger partial charge in [-0.2, -0.15) is 0 Å². The first-order valence-electron chi connectivity index (χ1n) is 6.63. The molecule has 2 heterocycles. The van der Waals surface area contributed by atoms with Crippen molar-refractivity contribution in [3.05, 3.63) is 0 Å². The molecule has 5 nitrogen and oxygen atoms in total.